The van der Waals surface area contributed by atoms with Gasteiger partial charge in [-0.15, -0.1) is 0 Å². The number of hydrogen-bond donors (Lipinski definition) is 0. The number of nitrogens with zero attached hydrogens (tertiary/aromatic N) is 2. The van der Waals surface area contributed by atoms with Crippen LogP contribution in [0.4, 0.5) is 0 Å². The van der Waals surface area contributed by atoms with E-state index in [1.807, 2.05) is 0 Å². The third-order valence-electron chi connectivity index (χ3n) is 5.05. The van der Waals surface area contributed by atoms with Gasteiger partial charge in [0.15, 0.2) is 0 Å². The van der Waals surface area contributed by atoms with E-state index in [1.54, 1.807) is 0 Å². The van der Waals surface area contributed by atoms with E-state index in [1.165, 1.54) is 21.9 Å². The lowest BCUT2D eigenvalue weighted by Gasteiger charge is -2.20. The zero-order valence-electron chi connectivity index (χ0n) is 17.1. The summed E-state index contributed by atoms with van der Waals surface area (Å²) in [4.78, 5) is 4.52. The molecule has 3 aromatic heterocycles. The number of pyridine rings is 2. The van der Waals surface area contributed by atoms with Crippen LogP contribution in [0, 0.1) is 12.3 Å². The van der Waals surface area contributed by atoms with Gasteiger partial charge in [-0.3, -0.25) is 4.40 Å². The number of fused-ring (bicyclic) bond motifs is 2. The van der Waals surface area contributed by atoms with Crippen LogP contribution in [0.25, 0.3) is 38.1 Å². The van der Waals surface area contributed by atoms with Crippen molar-refractivity contribution in [2.45, 2.75) is 34.1 Å². The van der Waals surface area contributed by atoms with Crippen molar-refractivity contribution in [3.63, 3.8) is 0 Å². The third kappa shape index (κ3) is 2.07. The fourth-order valence-electron chi connectivity index (χ4n) is 4.17. The van der Waals surface area contributed by atoms with Crippen molar-refractivity contribution in [3.8, 4) is 0 Å². The summed E-state index contributed by atoms with van der Waals surface area (Å²) in [6.07, 6.45) is 3.07. The molecule has 0 saturated heterocycles. The molecule has 0 radical (unpaired) electrons. The van der Waals surface area contributed by atoms with Gasteiger partial charge in [-0.2, -0.15) is 0 Å². The normalized spacial score (nSPS) is 14.1. The van der Waals surface area contributed by atoms with Gasteiger partial charge in [0.05, 0.1) is 8.26 Å². The van der Waals surface area contributed by atoms with Gasteiger partial charge in [0.2, 0.25) is 0 Å². The second kappa shape index (κ2) is 4.72. The van der Waals surface area contributed by atoms with E-state index in [0.29, 0.717) is 0 Å². The highest BCUT2D eigenvalue weighted by molar-refractivity contribution is 6.21. The fraction of sp³-hybridized carbons (Fsp3) is 0.261. The first-order chi connectivity index (χ1) is 12.7. The van der Waals surface area contributed by atoms with E-state index in [2.05, 4.69) is 73.6 Å². The van der Waals surface area contributed by atoms with Crippen molar-refractivity contribution >= 4 is 38.1 Å². The van der Waals surface area contributed by atoms with Crippen molar-refractivity contribution in [1.82, 2.24) is 9.38 Å². The van der Waals surface area contributed by atoms with E-state index < -0.39 is 0 Å². The van der Waals surface area contributed by atoms with Gasteiger partial charge in [-0.1, -0.05) is 51.1 Å². The summed E-state index contributed by atoms with van der Waals surface area (Å²) in [6.45, 7) is 8.80. The Morgan fingerprint density at radius 2 is 1.92 bits per heavy atom. The molecule has 5 aromatic rings. The van der Waals surface area contributed by atoms with Gasteiger partial charge in [-0.25, -0.2) is 4.98 Å². The van der Waals surface area contributed by atoms with Crippen molar-refractivity contribution < 1.29 is 2.74 Å². The predicted octanol–water partition coefficient (Wildman–Crippen LogP) is 6.13. The first-order valence-corrected chi connectivity index (χ1v) is 8.80. The number of aryl methyl sites for hydroxylation is 1. The highest BCUT2D eigenvalue weighted by Crippen LogP contribution is 2.37. The second-order valence-corrected chi connectivity index (χ2v) is 8.36. The SMILES string of the molecule is [2H]c1nc2c3c(cc(CC(C)(C)C)cc3c3cccc4c(C)cn2c43)c1[2H]. The zero-order chi connectivity index (χ0) is 19.1. The van der Waals surface area contributed by atoms with E-state index in [0.717, 1.165) is 33.7 Å². The van der Waals surface area contributed by atoms with Crippen LogP contribution in [0.3, 0.4) is 0 Å². The molecular weight excluding hydrogens is 304 g/mol. The lowest BCUT2D eigenvalue weighted by Crippen LogP contribution is -2.09. The van der Waals surface area contributed by atoms with E-state index in [4.69, 9.17) is 2.74 Å². The lowest BCUT2D eigenvalue weighted by atomic mass is 9.86. The van der Waals surface area contributed by atoms with Crippen molar-refractivity contribution in [2.75, 3.05) is 0 Å². The Balaban J connectivity index is 2.08. The minimum absolute atomic E-state index is 0.0373. The van der Waals surface area contributed by atoms with Crippen LogP contribution in [-0.4, -0.2) is 9.38 Å². The molecule has 0 aliphatic heterocycles. The Bertz CT molecular complexity index is 1360. The number of benzene rings is 2. The molecule has 5 rings (SSSR count). The summed E-state index contributed by atoms with van der Waals surface area (Å²) in [5.41, 5.74) is 4.50. The zero-order valence-corrected chi connectivity index (χ0v) is 15.1. The first kappa shape index (κ1) is 12.7. The topological polar surface area (TPSA) is 17.3 Å². The summed E-state index contributed by atoms with van der Waals surface area (Å²) in [5.74, 6) is 0. The molecule has 0 spiro atoms. The molecule has 124 valence electrons. The van der Waals surface area contributed by atoms with Gasteiger partial charge in [0.25, 0.3) is 0 Å². The van der Waals surface area contributed by atoms with Crippen molar-refractivity contribution in [2.24, 2.45) is 5.41 Å². The van der Waals surface area contributed by atoms with Gasteiger partial charge in [-0.05, 0) is 46.7 Å². The molecule has 0 aliphatic carbocycles. The minimum Gasteiger partial charge on any atom is -0.300 e. The molecule has 0 N–H and O–H groups in total. The third-order valence-corrected chi connectivity index (χ3v) is 5.05. The Morgan fingerprint density at radius 3 is 2.72 bits per heavy atom. The molecule has 0 amide bonds. The molecule has 0 fully saturated rings. The Labute approximate surface area is 150 Å². The molecule has 0 unspecified atom stereocenters. The molecule has 2 aromatic carbocycles. The maximum Gasteiger partial charge on any atom is 0.145 e. The molecule has 0 atom stereocenters. The largest absolute Gasteiger partial charge is 0.300 e. The molecule has 3 heterocycles. The fourth-order valence-corrected chi connectivity index (χ4v) is 4.17. The van der Waals surface area contributed by atoms with Gasteiger partial charge < -0.3 is 0 Å². The van der Waals surface area contributed by atoms with Gasteiger partial charge in [0, 0.05) is 28.5 Å². The van der Waals surface area contributed by atoms with E-state index >= 15 is 0 Å². The molecule has 0 aliphatic rings. The maximum absolute atomic E-state index is 8.48. The highest BCUT2D eigenvalue weighted by atomic mass is 15.0. The van der Waals surface area contributed by atoms with Crippen molar-refractivity contribution in [3.05, 3.63) is 59.9 Å². The van der Waals surface area contributed by atoms with Gasteiger partial charge >= 0.3 is 0 Å². The average molecular weight is 328 g/mol. The van der Waals surface area contributed by atoms with Gasteiger partial charge in [0.1, 0.15) is 5.65 Å². The van der Waals surface area contributed by atoms with E-state index in [-0.39, 0.29) is 17.6 Å². The first-order valence-electron chi connectivity index (χ1n) is 9.80. The van der Waals surface area contributed by atoms with Crippen LogP contribution >= 0.6 is 0 Å². The smallest absolute Gasteiger partial charge is 0.145 e. The van der Waals surface area contributed by atoms with Crippen molar-refractivity contribution in [1.29, 1.82) is 0 Å². The summed E-state index contributed by atoms with van der Waals surface area (Å²) >= 11 is 0. The minimum atomic E-state index is 0.0373. The number of aromatic nitrogens is 2. The summed E-state index contributed by atoms with van der Waals surface area (Å²) in [5, 5.41) is 5.36. The molecule has 2 heteroatoms. The summed E-state index contributed by atoms with van der Waals surface area (Å²) in [7, 11) is 0. The number of rotatable bonds is 1. The van der Waals surface area contributed by atoms with E-state index in [9.17, 15) is 0 Å². The predicted molar refractivity (Wildman–Crippen MR) is 107 cm³/mol. The number of para-hydroxylation sites is 1. The Kier molecular flexibility index (Phi) is 2.40. The molecule has 0 bridgehead atoms. The summed E-state index contributed by atoms with van der Waals surface area (Å²) < 4.78 is 18.9. The Morgan fingerprint density at radius 1 is 1.12 bits per heavy atom. The number of hydrogen-bond acceptors (Lipinski definition) is 1. The summed E-state index contributed by atoms with van der Waals surface area (Å²) in [6, 6.07) is 11.0. The highest BCUT2D eigenvalue weighted by Gasteiger charge is 2.18. The molecule has 25 heavy (non-hydrogen) atoms. The standard InChI is InChI=1S/C23H22N2/c1-14-13-25-21-17(14)6-5-7-18(21)19-11-15(12-23(2,3)4)10-16-8-9-24-22(25)20(16)19/h5-11,13H,12H2,1-4H3/i8D,9D. The van der Waals surface area contributed by atoms with Crippen LogP contribution < -0.4 is 0 Å². The molecule has 2 nitrogen and oxygen atoms in total. The second-order valence-electron chi connectivity index (χ2n) is 8.36. The average Bonchev–Trinajstić information content (AvgIpc) is 2.93. The van der Waals surface area contributed by atoms with Crippen LogP contribution in [0.1, 0.15) is 34.6 Å². The quantitative estimate of drug-likeness (QED) is 0.267. The van der Waals surface area contributed by atoms with Crippen LogP contribution in [-0.2, 0) is 6.42 Å². The molecular formula is C23H22N2. The monoisotopic (exact) mass is 328 g/mol. The lowest BCUT2D eigenvalue weighted by molar-refractivity contribution is 0.411. The van der Waals surface area contributed by atoms with Crippen LogP contribution in [0.5, 0.6) is 0 Å². The van der Waals surface area contributed by atoms with Crippen LogP contribution in [0.15, 0.2) is 48.7 Å². The Hall–Kier alpha value is -2.61. The maximum atomic E-state index is 8.48. The molecule has 0 saturated carbocycles. The van der Waals surface area contributed by atoms with Crippen LogP contribution in [0.2, 0.25) is 0 Å².